The number of fused-ring (bicyclic) bond motifs is 1. The average Bonchev–Trinajstić information content (AvgIpc) is 3.30. The third kappa shape index (κ3) is 4.01. The Morgan fingerprint density at radius 3 is 2.63 bits per heavy atom. The molecule has 0 fully saturated rings. The predicted molar refractivity (Wildman–Crippen MR) is 111 cm³/mol. The summed E-state index contributed by atoms with van der Waals surface area (Å²) in [5.74, 6) is 2.67. The maximum Gasteiger partial charge on any atom is 0.232 e. The minimum atomic E-state index is 0.677. The summed E-state index contributed by atoms with van der Waals surface area (Å²) in [7, 11) is 0. The van der Waals surface area contributed by atoms with Crippen molar-refractivity contribution in [3.05, 3.63) is 66.2 Å². The van der Waals surface area contributed by atoms with Crippen LogP contribution < -0.4 is 9.64 Å². The van der Waals surface area contributed by atoms with Gasteiger partial charge in [-0.2, -0.15) is 0 Å². The van der Waals surface area contributed by atoms with Crippen LogP contribution in [0.15, 0.2) is 65.8 Å². The summed E-state index contributed by atoms with van der Waals surface area (Å²) >= 11 is 1.71. The fraction of sp³-hybridized carbons (Fsp3) is 0.238. The van der Waals surface area contributed by atoms with Crippen LogP contribution >= 0.6 is 11.8 Å². The van der Waals surface area contributed by atoms with E-state index in [1.165, 1.54) is 5.56 Å². The summed E-state index contributed by atoms with van der Waals surface area (Å²) in [4.78, 5) is 2.20. The van der Waals surface area contributed by atoms with Gasteiger partial charge in [0.2, 0.25) is 5.95 Å². The molecule has 2 aromatic carbocycles. The van der Waals surface area contributed by atoms with Crippen LogP contribution in [0.5, 0.6) is 5.75 Å². The van der Waals surface area contributed by atoms with Crippen LogP contribution in [0.3, 0.4) is 0 Å². The maximum absolute atomic E-state index is 5.52. The highest BCUT2D eigenvalue weighted by molar-refractivity contribution is 7.99. The molecule has 0 amide bonds. The van der Waals surface area contributed by atoms with E-state index in [-0.39, 0.29) is 0 Å². The molecule has 5 nitrogen and oxygen atoms in total. The Balaban J connectivity index is 1.41. The number of thioether (sulfide) groups is 1. The lowest BCUT2D eigenvalue weighted by molar-refractivity contribution is 0.340. The second-order valence-electron chi connectivity index (χ2n) is 6.14. The van der Waals surface area contributed by atoms with Crippen LogP contribution in [0.2, 0.25) is 0 Å². The number of hydrogen-bond donors (Lipinski definition) is 0. The highest BCUT2D eigenvalue weighted by Crippen LogP contribution is 2.32. The van der Waals surface area contributed by atoms with Crippen LogP contribution in [0, 0.1) is 0 Å². The molecule has 1 aliphatic heterocycles. The topological polar surface area (TPSA) is 43.2 Å². The molecule has 4 rings (SSSR count). The van der Waals surface area contributed by atoms with Crippen molar-refractivity contribution in [1.29, 1.82) is 0 Å². The summed E-state index contributed by atoms with van der Waals surface area (Å²) in [6.07, 6.45) is 4.31. The van der Waals surface area contributed by atoms with E-state index < -0.39 is 0 Å². The maximum atomic E-state index is 5.52. The molecule has 27 heavy (non-hydrogen) atoms. The van der Waals surface area contributed by atoms with Gasteiger partial charge in [-0.25, -0.2) is 0 Å². The van der Waals surface area contributed by atoms with Crippen molar-refractivity contribution in [3.8, 4) is 5.75 Å². The zero-order valence-electron chi connectivity index (χ0n) is 15.3. The van der Waals surface area contributed by atoms with Crippen molar-refractivity contribution in [2.24, 2.45) is 0 Å². The van der Waals surface area contributed by atoms with Crippen molar-refractivity contribution in [2.45, 2.75) is 18.6 Å². The standard InChI is InChI=1S/C21H22N4OS/c1-2-26-19-12-10-18(11-13-19)24-14-15-25-20(24)22-23-21(25)27-16-6-9-17-7-4-3-5-8-17/h3-13H,2,14-16H2,1H3/b9-6+. The van der Waals surface area contributed by atoms with Crippen LogP contribution in [0.1, 0.15) is 12.5 Å². The van der Waals surface area contributed by atoms with Crippen LogP contribution in [-0.2, 0) is 6.54 Å². The molecular weight excluding hydrogens is 356 g/mol. The van der Waals surface area contributed by atoms with Gasteiger partial charge in [-0.1, -0.05) is 54.2 Å². The van der Waals surface area contributed by atoms with Gasteiger partial charge in [0.25, 0.3) is 0 Å². The van der Waals surface area contributed by atoms with Gasteiger partial charge in [0.1, 0.15) is 5.75 Å². The Morgan fingerprint density at radius 1 is 1.04 bits per heavy atom. The summed E-state index contributed by atoms with van der Waals surface area (Å²) in [5, 5.41) is 9.76. The molecule has 6 heteroatoms. The number of ether oxygens (including phenoxy) is 1. The number of anilines is 2. The SMILES string of the molecule is CCOc1ccc(N2CCn3c(SC/C=C/c4ccccc4)nnc32)cc1. The van der Waals surface area contributed by atoms with Crippen molar-refractivity contribution in [2.75, 3.05) is 23.8 Å². The van der Waals surface area contributed by atoms with E-state index in [4.69, 9.17) is 4.74 Å². The smallest absolute Gasteiger partial charge is 0.232 e. The normalized spacial score (nSPS) is 13.3. The van der Waals surface area contributed by atoms with Gasteiger partial charge in [0, 0.05) is 24.5 Å². The van der Waals surface area contributed by atoms with Gasteiger partial charge in [-0.3, -0.25) is 4.57 Å². The number of aromatic nitrogens is 3. The molecule has 0 N–H and O–H groups in total. The van der Waals surface area contributed by atoms with E-state index in [0.717, 1.165) is 41.4 Å². The number of benzene rings is 2. The molecular formula is C21H22N4OS. The molecule has 3 aromatic rings. The largest absolute Gasteiger partial charge is 0.494 e. The highest BCUT2D eigenvalue weighted by Gasteiger charge is 2.25. The van der Waals surface area contributed by atoms with Crippen LogP contribution in [0.4, 0.5) is 11.6 Å². The van der Waals surface area contributed by atoms with Gasteiger partial charge in [-0.15, -0.1) is 10.2 Å². The summed E-state index contributed by atoms with van der Waals surface area (Å²) < 4.78 is 7.71. The third-order valence-corrected chi connectivity index (χ3v) is 5.28. The van der Waals surface area contributed by atoms with E-state index >= 15 is 0 Å². The number of rotatable bonds is 7. The third-order valence-electron chi connectivity index (χ3n) is 4.36. The summed E-state index contributed by atoms with van der Waals surface area (Å²) in [6, 6.07) is 18.5. The fourth-order valence-corrected chi connectivity index (χ4v) is 3.86. The summed E-state index contributed by atoms with van der Waals surface area (Å²) in [5.41, 5.74) is 2.33. The lowest BCUT2D eigenvalue weighted by Gasteiger charge is -2.15. The minimum absolute atomic E-state index is 0.677. The first-order valence-corrected chi connectivity index (χ1v) is 10.1. The van der Waals surface area contributed by atoms with Crippen molar-refractivity contribution in [1.82, 2.24) is 14.8 Å². The molecule has 0 unspecified atom stereocenters. The highest BCUT2D eigenvalue weighted by atomic mass is 32.2. The zero-order chi connectivity index (χ0) is 18.5. The van der Waals surface area contributed by atoms with E-state index in [9.17, 15) is 0 Å². The molecule has 1 aliphatic rings. The fourth-order valence-electron chi connectivity index (χ4n) is 3.09. The quantitative estimate of drug-likeness (QED) is 0.561. The zero-order valence-corrected chi connectivity index (χ0v) is 16.1. The van der Waals surface area contributed by atoms with E-state index in [2.05, 4.69) is 56.1 Å². The average molecular weight is 379 g/mol. The van der Waals surface area contributed by atoms with Crippen molar-refractivity contribution < 1.29 is 4.74 Å². The van der Waals surface area contributed by atoms with Gasteiger partial charge in [0.05, 0.1) is 6.61 Å². The van der Waals surface area contributed by atoms with Crippen molar-refractivity contribution in [3.63, 3.8) is 0 Å². The number of nitrogens with zero attached hydrogens (tertiary/aromatic N) is 4. The second kappa shape index (κ2) is 8.31. The Labute approximate surface area is 163 Å². The molecule has 0 saturated carbocycles. The molecule has 0 saturated heterocycles. The first-order chi connectivity index (χ1) is 13.3. The Morgan fingerprint density at radius 2 is 1.85 bits per heavy atom. The van der Waals surface area contributed by atoms with E-state index in [0.29, 0.717) is 6.61 Å². The van der Waals surface area contributed by atoms with E-state index in [1.54, 1.807) is 11.8 Å². The summed E-state index contributed by atoms with van der Waals surface area (Å²) in [6.45, 7) is 4.48. The van der Waals surface area contributed by atoms with Gasteiger partial charge < -0.3 is 9.64 Å². The lowest BCUT2D eigenvalue weighted by Crippen LogP contribution is -2.14. The molecule has 0 radical (unpaired) electrons. The molecule has 0 atom stereocenters. The van der Waals surface area contributed by atoms with Gasteiger partial charge in [0.15, 0.2) is 5.16 Å². The van der Waals surface area contributed by atoms with Gasteiger partial charge >= 0.3 is 0 Å². The lowest BCUT2D eigenvalue weighted by atomic mass is 10.2. The Kier molecular flexibility index (Phi) is 5.44. The second-order valence-corrected chi connectivity index (χ2v) is 7.12. The van der Waals surface area contributed by atoms with Crippen LogP contribution in [-0.4, -0.2) is 33.7 Å². The molecule has 2 heterocycles. The molecule has 0 aliphatic carbocycles. The first-order valence-electron chi connectivity index (χ1n) is 9.13. The monoisotopic (exact) mass is 378 g/mol. The minimum Gasteiger partial charge on any atom is -0.494 e. The van der Waals surface area contributed by atoms with Gasteiger partial charge in [-0.05, 0) is 36.8 Å². The first kappa shape index (κ1) is 17.7. The Hall–Kier alpha value is -2.73. The molecule has 0 bridgehead atoms. The van der Waals surface area contributed by atoms with Crippen molar-refractivity contribution >= 4 is 29.5 Å². The Bertz CT molecular complexity index is 906. The molecule has 138 valence electrons. The van der Waals surface area contributed by atoms with Crippen LogP contribution in [0.25, 0.3) is 6.08 Å². The van der Waals surface area contributed by atoms with E-state index in [1.807, 2.05) is 37.3 Å². The number of hydrogen-bond acceptors (Lipinski definition) is 5. The predicted octanol–water partition coefficient (Wildman–Crippen LogP) is 4.63. The molecule has 1 aromatic heterocycles. The molecule has 0 spiro atoms.